The lowest BCUT2D eigenvalue weighted by molar-refractivity contribution is -0.117. The lowest BCUT2D eigenvalue weighted by atomic mass is 10.2. The number of hydrogen-bond acceptors (Lipinski definition) is 5. The summed E-state index contributed by atoms with van der Waals surface area (Å²) >= 11 is 1.40. The van der Waals surface area contributed by atoms with E-state index in [-0.39, 0.29) is 28.7 Å². The maximum atomic E-state index is 12.0. The number of fused-ring (bicyclic) bond motifs is 1. The third-order valence-electron chi connectivity index (χ3n) is 4.10. The molecule has 2 aliphatic rings. The van der Waals surface area contributed by atoms with Gasteiger partial charge in [-0.2, -0.15) is 4.99 Å². The molecule has 2 heterocycles. The second-order valence-corrected chi connectivity index (χ2v) is 9.27. The zero-order valence-corrected chi connectivity index (χ0v) is 15.3. The van der Waals surface area contributed by atoms with E-state index in [0.29, 0.717) is 11.6 Å². The maximum absolute atomic E-state index is 12.0. The van der Waals surface area contributed by atoms with Crippen molar-refractivity contribution in [2.75, 3.05) is 23.5 Å². The molecular formula is C16H20N2O4S2. The first-order valence-corrected chi connectivity index (χ1v) is 10.6. The highest BCUT2D eigenvalue weighted by atomic mass is 32.2. The average molecular weight is 368 g/mol. The van der Waals surface area contributed by atoms with Crippen LogP contribution < -0.4 is 9.64 Å². The molecule has 0 radical (unpaired) electrons. The molecule has 0 saturated carbocycles. The summed E-state index contributed by atoms with van der Waals surface area (Å²) in [4.78, 5) is 18.1. The minimum Gasteiger partial charge on any atom is -0.497 e. The topological polar surface area (TPSA) is 76.0 Å². The molecule has 1 aromatic rings. The first-order chi connectivity index (χ1) is 11.4. The third-order valence-corrected chi connectivity index (χ3v) is 7.31. The largest absolute Gasteiger partial charge is 0.497 e. The van der Waals surface area contributed by atoms with Gasteiger partial charge in [-0.25, -0.2) is 8.42 Å². The van der Waals surface area contributed by atoms with Crippen LogP contribution in [0.1, 0.15) is 19.8 Å². The first-order valence-electron chi connectivity index (χ1n) is 7.85. The Kier molecular flexibility index (Phi) is 4.87. The highest BCUT2D eigenvalue weighted by molar-refractivity contribution is 8.16. The number of benzene rings is 1. The van der Waals surface area contributed by atoms with Crippen molar-refractivity contribution in [3.05, 3.63) is 24.3 Å². The predicted molar refractivity (Wildman–Crippen MR) is 96.6 cm³/mol. The number of nitrogens with zero attached hydrogens (tertiary/aromatic N) is 2. The molecule has 0 aromatic heterocycles. The number of amides is 1. The van der Waals surface area contributed by atoms with Crippen LogP contribution in [0.3, 0.4) is 0 Å². The molecule has 2 atom stereocenters. The van der Waals surface area contributed by atoms with Crippen LogP contribution in [0.25, 0.3) is 0 Å². The summed E-state index contributed by atoms with van der Waals surface area (Å²) in [6.45, 7) is 1.93. The van der Waals surface area contributed by atoms with Gasteiger partial charge in [0, 0.05) is 17.4 Å². The molecule has 1 amide bonds. The van der Waals surface area contributed by atoms with Gasteiger partial charge in [0.1, 0.15) is 5.75 Å². The van der Waals surface area contributed by atoms with Crippen molar-refractivity contribution in [2.45, 2.75) is 31.1 Å². The van der Waals surface area contributed by atoms with Gasteiger partial charge in [-0.15, -0.1) is 0 Å². The third kappa shape index (κ3) is 3.44. The predicted octanol–water partition coefficient (Wildman–Crippen LogP) is 2.10. The van der Waals surface area contributed by atoms with Gasteiger partial charge >= 0.3 is 0 Å². The number of sulfone groups is 1. The SMILES string of the molecule is CCCC(=O)N=C1S[C@@H]2CS(=O)(=O)C[C@@H]2N1c1ccc(OC)cc1. The average Bonchev–Trinajstić information content (AvgIpc) is 2.98. The Bertz CT molecular complexity index is 759. The van der Waals surface area contributed by atoms with Crippen molar-refractivity contribution in [3.63, 3.8) is 0 Å². The number of anilines is 1. The highest BCUT2D eigenvalue weighted by Crippen LogP contribution is 2.41. The highest BCUT2D eigenvalue weighted by Gasteiger charge is 2.49. The summed E-state index contributed by atoms with van der Waals surface area (Å²) in [5.74, 6) is 0.788. The van der Waals surface area contributed by atoms with Gasteiger partial charge in [0.15, 0.2) is 15.0 Å². The second kappa shape index (κ2) is 6.76. The fourth-order valence-electron chi connectivity index (χ4n) is 2.99. The zero-order chi connectivity index (χ0) is 17.3. The molecule has 0 aliphatic carbocycles. The zero-order valence-electron chi connectivity index (χ0n) is 13.6. The molecule has 2 saturated heterocycles. The van der Waals surface area contributed by atoms with Crippen molar-refractivity contribution in [1.29, 1.82) is 0 Å². The van der Waals surface area contributed by atoms with E-state index in [2.05, 4.69) is 4.99 Å². The fourth-order valence-corrected chi connectivity index (χ4v) is 6.92. The van der Waals surface area contributed by atoms with Crippen molar-refractivity contribution >= 4 is 38.4 Å². The van der Waals surface area contributed by atoms with E-state index in [9.17, 15) is 13.2 Å². The van der Waals surface area contributed by atoms with E-state index in [1.807, 2.05) is 36.1 Å². The molecule has 0 spiro atoms. The molecule has 2 fully saturated rings. The number of thioether (sulfide) groups is 1. The van der Waals surface area contributed by atoms with Gasteiger partial charge in [0.05, 0.1) is 24.7 Å². The van der Waals surface area contributed by atoms with Crippen molar-refractivity contribution < 1.29 is 17.9 Å². The molecule has 24 heavy (non-hydrogen) atoms. The van der Waals surface area contributed by atoms with Crippen LogP contribution in [-0.4, -0.2) is 49.4 Å². The van der Waals surface area contributed by atoms with Crippen LogP contribution in [0.15, 0.2) is 29.3 Å². The Morgan fingerprint density at radius 2 is 2.04 bits per heavy atom. The minimum atomic E-state index is -3.05. The van der Waals surface area contributed by atoms with Gasteiger partial charge in [-0.1, -0.05) is 18.7 Å². The van der Waals surface area contributed by atoms with Gasteiger partial charge < -0.3 is 9.64 Å². The van der Waals surface area contributed by atoms with Gasteiger partial charge in [0.25, 0.3) is 0 Å². The van der Waals surface area contributed by atoms with E-state index >= 15 is 0 Å². The maximum Gasteiger partial charge on any atom is 0.248 e. The lowest BCUT2D eigenvalue weighted by Crippen LogP contribution is -2.37. The molecule has 8 heteroatoms. The van der Waals surface area contributed by atoms with Crippen LogP contribution >= 0.6 is 11.8 Å². The summed E-state index contributed by atoms with van der Waals surface area (Å²) in [7, 11) is -1.45. The minimum absolute atomic E-state index is 0.0784. The van der Waals surface area contributed by atoms with Crippen LogP contribution in [0.5, 0.6) is 5.75 Å². The first kappa shape index (κ1) is 17.3. The molecule has 2 aliphatic heterocycles. The van der Waals surface area contributed by atoms with E-state index < -0.39 is 9.84 Å². The summed E-state index contributed by atoms with van der Waals surface area (Å²) in [6.07, 6.45) is 1.14. The van der Waals surface area contributed by atoms with Crippen LogP contribution in [0, 0.1) is 0 Å². The molecule has 6 nitrogen and oxygen atoms in total. The van der Waals surface area contributed by atoms with Crippen molar-refractivity contribution in [3.8, 4) is 5.75 Å². The van der Waals surface area contributed by atoms with E-state index in [1.54, 1.807) is 7.11 Å². The quantitative estimate of drug-likeness (QED) is 0.810. The van der Waals surface area contributed by atoms with Crippen LogP contribution in [0.2, 0.25) is 0 Å². The Balaban J connectivity index is 1.96. The van der Waals surface area contributed by atoms with Gasteiger partial charge in [-0.3, -0.25) is 4.79 Å². The Labute approximate surface area is 146 Å². The molecular weight excluding hydrogens is 348 g/mol. The molecule has 0 bridgehead atoms. The van der Waals surface area contributed by atoms with Crippen LogP contribution in [0.4, 0.5) is 5.69 Å². The normalized spacial score (nSPS) is 26.6. The number of hydrogen-bond donors (Lipinski definition) is 0. The van der Waals surface area contributed by atoms with E-state index in [4.69, 9.17) is 4.74 Å². The molecule has 1 aromatic carbocycles. The van der Waals surface area contributed by atoms with E-state index in [0.717, 1.165) is 17.9 Å². The summed E-state index contributed by atoms with van der Waals surface area (Å²) in [5, 5.41) is 0.522. The molecule has 3 rings (SSSR count). The second-order valence-electron chi connectivity index (χ2n) is 5.91. The monoisotopic (exact) mass is 368 g/mol. The fraction of sp³-hybridized carbons (Fsp3) is 0.500. The smallest absolute Gasteiger partial charge is 0.248 e. The van der Waals surface area contributed by atoms with Crippen molar-refractivity contribution in [1.82, 2.24) is 0 Å². The van der Waals surface area contributed by atoms with Crippen molar-refractivity contribution in [2.24, 2.45) is 4.99 Å². The Hall–Kier alpha value is -1.54. The standard InChI is InChI=1S/C16H20N2O4S2/c1-3-4-15(19)17-16-18(11-5-7-12(22-2)8-6-11)13-9-24(20,21)10-14(13)23-16/h5-8,13-14H,3-4,9-10H2,1-2H3/t13-,14+/m0/s1. The van der Waals surface area contributed by atoms with Gasteiger partial charge in [0.2, 0.25) is 5.91 Å². The molecule has 130 valence electrons. The van der Waals surface area contributed by atoms with E-state index in [1.165, 1.54) is 11.8 Å². The summed E-state index contributed by atoms with van der Waals surface area (Å²) < 4.78 is 29.1. The number of carbonyl (C=O) groups is 1. The van der Waals surface area contributed by atoms with Crippen LogP contribution in [-0.2, 0) is 14.6 Å². The lowest BCUT2D eigenvalue weighted by Gasteiger charge is -2.24. The number of amidine groups is 1. The number of methoxy groups -OCH3 is 1. The summed E-state index contributed by atoms with van der Waals surface area (Å²) in [6, 6.07) is 7.20. The number of carbonyl (C=O) groups excluding carboxylic acids is 1. The Morgan fingerprint density at radius 3 is 2.67 bits per heavy atom. The summed E-state index contributed by atoms with van der Waals surface area (Å²) in [5.41, 5.74) is 0.830. The molecule has 0 N–H and O–H groups in total. The number of aliphatic imine (C=N–C) groups is 1. The molecule has 0 unspecified atom stereocenters. The number of rotatable bonds is 4. The Morgan fingerprint density at radius 1 is 1.33 bits per heavy atom. The van der Waals surface area contributed by atoms with Gasteiger partial charge in [-0.05, 0) is 30.7 Å². The number of ether oxygens (including phenoxy) is 1.